The van der Waals surface area contributed by atoms with Crippen molar-refractivity contribution >= 4 is 23.4 Å². The highest BCUT2D eigenvalue weighted by molar-refractivity contribution is 6.31. The summed E-state index contributed by atoms with van der Waals surface area (Å²) in [6, 6.07) is 23.5. The summed E-state index contributed by atoms with van der Waals surface area (Å²) < 4.78 is 0. The van der Waals surface area contributed by atoms with Gasteiger partial charge >= 0.3 is 0 Å². The molecule has 146 valence electrons. The third-order valence-electron chi connectivity index (χ3n) is 5.31. The van der Waals surface area contributed by atoms with E-state index in [0.29, 0.717) is 22.7 Å². The SMILES string of the molecule is C[C@H](c1ccccc1)N1C(=O)c2ccc(Cl)cc2C1C(=O)NCc1ccccc1. The molecule has 2 amide bonds. The van der Waals surface area contributed by atoms with Gasteiger partial charge in [-0.2, -0.15) is 0 Å². The van der Waals surface area contributed by atoms with Crippen LogP contribution in [0.5, 0.6) is 0 Å². The third kappa shape index (κ3) is 3.76. The van der Waals surface area contributed by atoms with Crippen LogP contribution in [0.3, 0.4) is 0 Å². The molecule has 0 spiro atoms. The highest BCUT2D eigenvalue weighted by atomic mass is 35.5. The Bertz CT molecular complexity index is 1040. The molecule has 1 heterocycles. The number of hydrogen-bond acceptors (Lipinski definition) is 2. The summed E-state index contributed by atoms with van der Waals surface area (Å²) in [7, 11) is 0. The summed E-state index contributed by atoms with van der Waals surface area (Å²) in [6.45, 7) is 2.34. The lowest BCUT2D eigenvalue weighted by Gasteiger charge is -2.31. The average molecular weight is 405 g/mol. The lowest BCUT2D eigenvalue weighted by atomic mass is 10.0. The van der Waals surface area contributed by atoms with Crippen LogP contribution in [0.4, 0.5) is 0 Å². The summed E-state index contributed by atoms with van der Waals surface area (Å²) in [4.78, 5) is 28.1. The highest BCUT2D eigenvalue weighted by Crippen LogP contribution is 2.40. The van der Waals surface area contributed by atoms with Gasteiger partial charge in [0.1, 0.15) is 6.04 Å². The molecule has 1 aliphatic heterocycles. The molecule has 0 saturated heterocycles. The molecule has 0 bridgehead atoms. The fourth-order valence-electron chi connectivity index (χ4n) is 3.80. The molecule has 4 rings (SSSR count). The molecule has 1 aliphatic rings. The normalized spacial score (nSPS) is 16.4. The van der Waals surface area contributed by atoms with E-state index >= 15 is 0 Å². The summed E-state index contributed by atoms with van der Waals surface area (Å²) in [5.74, 6) is -0.376. The molecule has 2 atom stereocenters. The summed E-state index contributed by atoms with van der Waals surface area (Å²) in [6.07, 6.45) is 0. The Hall–Kier alpha value is -3.11. The van der Waals surface area contributed by atoms with Gasteiger partial charge in [0, 0.05) is 17.1 Å². The fourth-order valence-corrected chi connectivity index (χ4v) is 3.98. The zero-order chi connectivity index (χ0) is 20.4. The van der Waals surface area contributed by atoms with Gasteiger partial charge in [0.25, 0.3) is 5.91 Å². The summed E-state index contributed by atoms with van der Waals surface area (Å²) >= 11 is 6.20. The summed E-state index contributed by atoms with van der Waals surface area (Å²) in [5.41, 5.74) is 3.15. The van der Waals surface area contributed by atoms with E-state index in [1.165, 1.54) is 0 Å². The largest absolute Gasteiger partial charge is 0.350 e. The standard InChI is InChI=1S/C24H21ClN2O2/c1-16(18-10-6-3-7-11-18)27-22(21-14-19(25)12-13-20(21)24(27)29)23(28)26-15-17-8-4-2-5-9-17/h2-14,16,22H,15H2,1H3,(H,26,28)/t16-,22?/m1/s1. The van der Waals surface area contributed by atoms with Crippen LogP contribution in [0.15, 0.2) is 78.9 Å². The van der Waals surface area contributed by atoms with E-state index in [-0.39, 0.29) is 17.9 Å². The van der Waals surface area contributed by atoms with Crippen molar-refractivity contribution in [3.63, 3.8) is 0 Å². The number of benzene rings is 3. The number of carbonyl (C=O) groups is 2. The second kappa shape index (κ2) is 8.10. The van der Waals surface area contributed by atoms with E-state index in [0.717, 1.165) is 11.1 Å². The number of rotatable bonds is 5. The van der Waals surface area contributed by atoms with Gasteiger partial charge in [-0.3, -0.25) is 9.59 Å². The van der Waals surface area contributed by atoms with Crippen LogP contribution in [-0.4, -0.2) is 16.7 Å². The van der Waals surface area contributed by atoms with Gasteiger partial charge < -0.3 is 10.2 Å². The zero-order valence-electron chi connectivity index (χ0n) is 16.0. The lowest BCUT2D eigenvalue weighted by molar-refractivity contribution is -0.126. The van der Waals surface area contributed by atoms with Crippen molar-refractivity contribution in [1.29, 1.82) is 0 Å². The van der Waals surface area contributed by atoms with E-state index in [1.807, 2.05) is 67.6 Å². The number of halogens is 1. The predicted octanol–water partition coefficient (Wildman–Crippen LogP) is 4.91. The number of amides is 2. The van der Waals surface area contributed by atoms with Gasteiger partial charge in [-0.25, -0.2) is 0 Å². The molecule has 3 aromatic carbocycles. The predicted molar refractivity (Wildman–Crippen MR) is 114 cm³/mol. The Balaban J connectivity index is 1.67. The van der Waals surface area contributed by atoms with E-state index in [9.17, 15) is 9.59 Å². The van der Waals surface area contributed by atoms with Gasteiger partial charge in [-0.05, 0) is 41.8 Å². The fraction of sp³-hybridized carbons (Fsp3) is 0.167. The van der Waals surface area contributed by atoms with Crippen molar-refractivity contribution in [3.05, 3.63) is 106 Å². The van der Waals surface area contributed by atoms with Crippen molar-refractivity contribution in [2.75, 3.05) is 0 Å². The van der Waals surface area contributed by atoms with Crippen LogP contribution < -0.4 is 5.32 Å². The molecule has 1 unspecified atom stereocenters. The van der Waals surface area contributed by atoms with Gasteiger partial charge in [0.05, 0.1) is 6.04 Å². The smallest absolute Gasteiger partial charge is 0.255 e. The van der Waals surface area contributed by atoms with E-state index < -0.39 is 6.04 Å². The van der Waals surface area contributed by atoms with Crippen LogP contribution in [0, 0.1) is 0 Å². The average Bonchev–Trinajstić information content (AvgIpc) is 3.04. The van der Waals surface area contributed by atoms with Gasteiger partial charge in [-0.1, -0.05) is 72.3 Å². The molecule has 3 aromatic rings. The molecule has 1 N–H and O–H groups in total. The van der Waals surface area contributed by atoms with Crippen molar-refractivity contribution in [2.45, 2.75) is 25.6 Å². The number of hydrogen-bond donors (Lipinski definition) is 1. The number of nitrogens with zero attached hydrogens (tertiary/aromatic N) is 1. The molecule has 0 radical (unpaired) electrons. The molecular weight excluding hydrogens is 384 g/mol. The second-order valence-electron chi connectivity index (χ2n) is 7.14. The second-order valence-corrected chi connectivity index (χ2v) is 7.57. The van der Waals surface area contributed by atoms with Gasteiger partial charge in [0.15, 0.2) is 0 Å². The minimum Gasteiger partial charge on any atom is -0.350 e. The number of fused-ring (bicyclic) bond motifs is 1. The van der Waals surface area contributed by atoms with Crippen molar-refractivity contribution < 1.29 is 9.59 Å². The van der Waals surface area contributed by atoms with E-state index in [4.69, 9.17) is 11.6 Å². The molecule has 5 heteroatoms. The first kappa shape index (κ1) is 19.2. The van der Waals surface area contributed by atoms with E-state index in [2.05, 4.69) is 5.32 Å². The highest BCUT2D eigenvalue weighted by Gasteiger charge is 2.43. The van der Waals surface area contributed by atoms with Crippen molar-refractivity contribution in [1.82, 2.24) is 10.2 Å². The van der Waals surface area contributed by atoms with E-state index in [1.54, 1.807) is 23.1 Å². The Morgan fingerprint density at radius 1 is 1.03 bits per heavy atom. The molecule has 0 aliphatic carbocycles. The first-order valence-electron chi connectivity index (χ1n) is 9.55. The van der Waals surface area contributed by atoms with Crippen molar-refractivity contribution in [2.24, 2.45) is 0 Å². The Kier molecular flexibility index (Phi) is 5.36. The monoisotopic (exact) mass is 404 g/mol. The maximum atomic E-state index is 13.2. The Labute approximate surface area is 175 Å². The van der Waals surface area contributed by atoms with Crippen LogP contribution in [0.1, 0.15) is 46.1 Å². The first-order chi connectivity index (χ1) is 14.1. The number of carbonyl (C=O) groups excluding carboxylic acids is 2. The molecule has 4 nitrogen and oxygen atoms in total. The maximum absolute atomic E-state index is 13.2. The van der Waals surface area contributed by atoms with Crippen LogP contribution in [-0.2, 0) is 11.3 Å². The summed E-state index contributed by atoms with van der Waals surface area (Å²) in [5, 5.41) is 3.49. The zero-order valence-corrected chi connectivity index (χ0v) is 16.8. The molecule has 29 heavy (non-hydrogen) atoms. The maximum Gasteiger partial charge on any atom is 0.255 e. The van der Waals surface area contributed by atoms with Crippen LogP contribution in [0.2, 0.25) is 5.02 Å². The molecular formula is C24H21ClN2O2. The quantitative estimate of drug-likeness (QED) is 0.656. The molecule has 0 fully saturated rings. The third-order valence-corrected chi connectivity index (χ3v) is 5.54. The van der Waals surface area contributed by atoms with Gasteiger partial charge in [-0.15, -0.1) is 0 Å². The van der Waals surface area contributed by atoms with Crippen LogP contribution in [0.25, 0.3) is 0 Å². The first-order valence-corrected chi connectivity index (χ1v) is 9.93. The van der Waals surface area contributed by atoms with Crippen molar-refractivity contribution in [3.8, 4) is 0 Å². The lowest BCUT2D eigenvalue weighted by Crippen LogP contribution is -2.40. The van der Waals surface area contributed by atoms with Crippen LogP contribution >= 0.6 is 11.6 Å². The topological polar surface area (TPSA) is 49.4 Å². The van der Waals surface area contributed by atoms with Gasteiger partial charge in [0.2, 0.25) is 5.91 Å². The number of nitrogens with one attached hydrogen (secondary N) is 1. The molecule has 0 aromatic heterocycles. The Morgan fingerprint density at radius 2 is 1.69 bits per heavy atom. The minimum atomic E-state index is -0.727. The minimum absolute atomic E-state index is 0.159. The Morgan fingerprint density at radius 3 is 2.38 bits per heavy atom. The molecule has 0 saturated carbocycles.